The molecule has 0 unspecified atom stereocenters. The number of carbonyl (C=O) groups is 3. The summed E-state index contributed by atoms with van der Waals surface area (Å²) < 4.78 is 28.3. The van der Waals surface area contributed by atoms with E-state index in [1.54, 1.807) is 42.4 Å². The molecule has 1 aliphatic carbocycles. The highest BCUT2D eigenvalue weighted by Crippen LogP contribution is 2.60. The molecule has 5 heterocycles. The lowest BCUT2D eigenvalue weighted by Crippen LogP contribution is -2.47. The normalized spacial score (nSPS) is 23.1. The van der Waals surface area contributed by atoms with Crippen LogP contribution in [-0.2, 0) is 38.9 Å². The standard InChI is InChI=1S/C34H33BrFN7O5/c1-19(44)30-25-10-22(24-14-37-20(2)38-15-24)9-23(13-36)31(25)42(41-30)16-29(45)43-26-11-34(12-27(34)43)18-48-8-4-3-7-47-17-21-5-6-28(35)39-32(21)40-33(26)46/h3-6,9-10,14-15,26-27H,7-8,11-13,16-18H2,1-2H3,(H,39,40,46)/b4-3+/t26-,27+,34-/m0/s1. The van der Waals surface area contributed by atoms with Gasteiger partial charge in [-0.25, -0.2) is 19.3 Å². The molecular formula is C34H33BrFN7O5. The molecule has 2 aliphatic heterocycles. The van der Waals surface area contributed by atoms with Gasteiger partial charge in [-0.15, -0.1) is 0 Å². The van der Waals surface area contributed by atoms with Crippen LogP contribution in [0.4, 0.5) is 10.2 Å². The molecule has 2 amide bonds. The van der Waals surface area contributed by atoms with E-state index < -0.39 is 12.7 Å². The Morgan fingerprint density at radius 2 is 1.88 bits per heavy atom. The molecule has 1 saturated heterocycles. The maximum atomic E-state index is 14.7. The van der Waals surface area contributed by atoms with Gasteiger partial charge in [-0.3, -0.25) is 19.1 Å². The van der Waals surface area contributed by atoms with E-state index in [2.05, 4.69) is 41.3 Å². The summed E-state index contributed by atoms with van der Waals surface area (Å²) in [6, 6.07) is 5.97. The third kappa shape index (κ3) is 6.03. The van der Waals surface area contributed by atoms with Gasteiger partial charge in [0.15, 0.2) is 5.78 Å². The lowest BCUT2D eigenvalue weighted by molar-refractivity contribution is -0.138. The predicted octanol–water partition coefficient (Wildman–Crippen LogP) is 4.73. The number of ketones is 1. The molecular weight excluding hydrogens is 685 g/mol. The molecule has 0 radical (unpaired) electrons. The second-order valence-electron chi connectivity index (χ2n) is 12.5. The average molecular weight is 719 g/mol. The first-order valence-electron chi connectivity index (χ1n) is 15.6. The Kier molecular flexibility index (Phi) is 8.64. The van der Waals surface area contributed by atoms with Crippen LogP contribution in [-0.4, -0.2) is 79.1 Å². The van der Waals surface area contributed by atoms with Crippen molar-refractivity contribution in [2.45, 2.75) is 58.6 Å². The van der Waals surface area contributed by atoms with Gasteiger partial charge < -0.3 is 19.7 Å². The van der Waals surface area contributed by atoms with E-state index in [0.29, 0.717) is 76.5 Å². The average Bonchev–Trinajstić information content (AvgIpc) is 3.47. The molecule has 7 rings (SSSR count). The second kappa shape index (κ2) is 12.9. The van der Waals surface area contributed by atoms with Gasteiger partial charge in [-0.2, -0.15) is 5.10 Å². The van der Waals surface area contributed by atoms with E-state index in [1.165, 1.54) is 11.6 Å². The third-order valence-electron chi connectivity index (χ3n) is 9.24. The van der Waals surface area contributed by atoms with Gasteiger partial charge in [-0.1, -0.05) is 18.2 Å². The Hall–Kier alpha value is -4.40. The van der Waals surface area contributed by atoms with Crippen LogP contribution in [0.2, 0.25) is 0 Å². The molecule has 1 spiro atoms. The quantitative estimate of drug-likeness (QED) is 0.176. The molecule has 248 valence electrons. The summed E-state index contributed by atoms with van der Waals surface area (Å²) in [7, 11) is 0. The first kappa shape index (κ1) is 32.2. The lowest BCUT2D eigenvalue weighted by Gasteiger charge is -2.27. The van der Waals surface area contributed by atoms with E-state index in [-0.39, 0.29) is 53.5 Å². The topological polar surface area (TPSA) is 141 Å². The lowest BCUT2D eigenvalue weighted by atomic mass is 10.00. The van der Waals surface area contributed by atoms with Crippen LogP contribution in [0.5, 0.6) is 0 Å². The Balaban J connectivity index is 1.23. The molecule has 1 aromatic carbocycles. The maximum Gasteiger partial charge on any atom is 0.248 e. The van der Waals surface area contributed by atoms with E-state index in [9.17, 15) is 18.8 Å². The van der Waals surface area contributed by atoms with E-state index >= 15 is 0 Å². The number of hydrogen-bond donors (Lipinski definition) is 1. The summed E-state index contributed by atoms with van der Waals surface area (Å²) in [5, 5.41) is 7.88. The van der Waals surface area contributed by atoms with Gasteiger partial charge >= 0.3 is 0 Å². The molecule has 12 nitrogen and oxygen atoms in total. The number of ether oxygens (including phenoxy) is 2. The van der Waals surface area contributed by atoms with Crippen LogP contribution in [0.25, 0.3) is 22.0 Å². The summed E-state index contributed by atoms with van der Waals surface area (Å²) in [6.07, 6.45) is 8.15. The van der Waals surface area contributed by atoms with E-state index in [1.807, 2.05) is 18.2 Å². The Labute approximate surface area is 283 Å². The number of aryl methyl sites for hydroxylation is 1. The number of pyridine rings is 1. The predicted molar refractivity (Wildman–Crippen MR) is 177 cm³/mol. The number of anilines is 1. The number of carbonyl (C=O) groups excluding carboxylic acids is 3. The van der Waals surface area contributed by atoms with Crippen molar-refractivity contribution in [1.82, 2.24) is 29.6 Å². The number of piperidine rings is 1. The fourth-order valence-electron chi connectivity index (χ4n) is 6.81. The fourth-order valence-corrected chi connectivity index (χ4v) is 7.12. The molecule has 3 aliphatic rings. The van der Waals surface area contributed by atoms with Crippen LogP contribution in [0, 0.1) is 12.3 Å². The SMILES string of the molecule is CC(=O)c1nn(CC(=O)N2[C@H]3C[C@@]4(COC/C=C/COCc5ccc(Br)nc5NC3=O)C[C@@H]24)c2c(CF)cc(-c3cnc(C)nc3)cc12. The van der Waals surface area contributed by atoms with Gasteiger partial charge in [0.05, 0.1) is 31.9 Å². The van der Waals surface area contributed by atoms with Crippen molar-refractivity contribution in [3.8, 4) is 11.1 Å². The van der Waals surface area contributed by atoms with Crippen molar-refractivity contribution >= 4 is 50.2 Å². The number of amides is 2. The van der Waals surface area contributed by atoms with E-state index in [0.717, 1.165) is 0 Å². The number of halogens is 2. The molecule has 3 atom stereocenters. The van der Waals surface area contributed by atoms with Crippen molar-refractivity contribution < 1.29 is 28.2 Å². The zero-order valence-electron chi connectivity index (χ0n) is 26.4. The highest BCUT2D eigenvalue weighted by molar-refractivity contribution is 9.10. The fraction of sp³-hybridized carbons (Fsp3) is 0.382. The Morgan fingerprint density at radius 1 is 1.10 bits per heavy atom. The highest BCUT2D eigenvalue weighted by Gasteiger charge is 2.67. The number of alkyl halides is 1. The minimum atomic E-state index is -0.855. The van der Waals surface area contributed by atoms with Gasteiger partial charge in [0, 0.05) is 52.9 Å². The summed E-state index contributed by atoms with van der Waals surface area (Å²) in [5.74, 6) is -0.132. The molecule has 14 heteroatoms. The number of fused-ring (bicyclic) bond motifs is 3. The molecule has 48 heavy (non-hydrogen) atoms. The van der Waals surface area contributed by atoms with E-state index in [4.69, 9.17) is 9.47 Å². The van der Waals surface area contributed by atoms with Crippen LogP contribution < -0.4 is 5.32 Å². The third-order valence-corrected chi connectivity index (χ3v) is 9.68. The van der Waals surface area contributed by atoms with Crippen molar-refractivity contribution in [3.63, 3.8) is 0 Å². The van der Waals surface area contributed by atoms with Crippen molar-refractivity contribution in [3.05, 3.63) is 76.1 Å². The number of Topliss-reactive ketones (excluding diaryl/α,β-unsaturated/α-hetero) is 1. The monoisotopic (exact) mass is 717 g/mol. The number of rotatable bonds is 5. The molecule has 4 aromatic rings. The van der Waals surface area contributed by atoms with Crippen LogP contribution in [0.15, 0.2) is 53.4 Å². The molecule has 1 N–H and O–H groups in total. The number of likely N-dealkylation sites (tertiary alicyclic amines) is 1. The second-order valence-corrected chi connectivity index (χ2v) is 13.3. The number of benzene rings is 1. The number of hydrogen-bond acceptors (Lipinski definition) is 9. The number of nitrogens with zero attached hydrogens (tertiary/aromatic N) is 6. The van der Waals surface area contributed by atoms with Gasteiger partial charge in [0.25, 0.3) is 0 Å². The van der Waals surface area contributed by atoms with Gasteiger partial charge in [0.2, 0.25) is 11.8 Å². The molecule has 2 fully saturated rings. The molecule has 2 bridgehead atoms. The summed E-state index contributed by atoms with van der Waals surface area (Å²) in [5.41, 5.74) is 2.34. The number of nitrogens with one attached hydrogen (secondary N) is 1. The smallest absolute Gasteiger partial charge is 0.248 e. The van der Waals surface area contributed by atoms with Crippen LogP contribution in [0.3, 0.4) is 0 Å². The molecule has 1 saturated carbocycles. The van der Waals surface area contributed by atoms with Crippen molar-refractivity contribution in [1.29, 1.82) is 0 Å². The Bertz CT molecular complexity index is 1970. The minimum absolute atomic E-state index is 0.122. The van der Waals surface area contributed by atoms with Gasteiger partial charge in [0.1, 0.15) is 41.2 Å². The summed E-state index contributed by atoms with van der Waals surface area (Å²) in [4.78, 5) is 55.5. The number of aromatic nitrogens is 5. The first-order chi connectivity index (χ1) is 23.2. The zero-order valence-corrected chi connectivity index (χ0v) is 28.0. The van der Waals surface area contributed by atoms with Gasteiger partial charge in [-0.05, 0) is 59.5 Å². The van der Waals surface area contributed by atoms with Crippen molar-refractivity contribution in [2.24, 2.45) is 5.41 Å². The molecule has 3 aromatic heterocycles. The maximum absolute atomic E-state index is 14.7. The van der Waals surface area contributed by atoms with Crippen LogP contribution in [0.1, 0.15) is 47.2 Å². The highest BCUT2D eigenvalue weighted by atomic mass is 79.9. The van der Waals surface area contributed by atoms with Crippen molar-refractivity contribution in [2.75, 3.05) is 25.1 Å². The summed E-state index contributed by atoms with van der Waals surface area (Å²) >= 11 is 3.38. The Morgan fingerprint density at radius 3 is 2.62 bits per heavy atom. The first-order valence-corrected chi connectivity index (χ1v) is 16.4. The largest absolute Gasteiger partial charge is 0.377 e. The summed E-state index contributed by atoms with van der Waals surface area (Å²) in [6.45, 7) is 3.37. The van der Waals surface area contributed by atoms with Crippen LogP contribution >= 0.6 is 15.9 Å². The zero-order chi connectivity index (χ0) is 33.6. The minimum Gasteiger partial charge on any atom is -0.377 e.